The second-order valence-electron chi connectivity index (χ2n) is 5.32. The molecule has 5 heteroatoms. The number of rotatable bonds is 3. The van der Waals surface area contributed by atoms with E-state index in [1.165, 1.54) is 0 Å². The molecule has 0 bridgehead atoms. The highest BCUT2D eigenvalue weighted by Crippen LogP contribution is 2.21. The molecule has 1 aromatic carbocycles. The Balaban J connectivity index is 1.72. The van der Waals surface area contributed by atoms with E-state index < -0.39 is 0 Å². The third-order valence-electron chi connectivity index (χ3n) is 3.69. The largest absolute Gasteiger partial charge is 0.439 e. The molecule has 0 aliphatic carbocycles. The maximum Gasteiger partial charge on any atom is 0.253 e. The number of aliphatic hydroxyl groups excluding tert-OH is 1. The molecule has 1 aliphatic heterocycles. The van der Waals surface area contributed by atoms with Crippen LogP contribution < -0.4 is 4.74 Å². The predicted molar refractivity (Wildman–Crippen MR) is 81.9 cm³/mol. The number of benzene rings is 1. The number of pyridine rings is 1. The van der Waals surface area contributed by atoms with Gasteiger partial charge in [-0.25, -0.2) is 4.98 Å². The molecule has 1 fully saturated rings. The molecule has 0 atom stereocenters. The molecule has 114 valence electrons. The number of carbonyl (C=O) groups excluding carboxylic acids is 1. The van der Waals surface area contributed by atoms with Crippen molar-refractivity contribution >= 4 is 5.91 Å². The Morgan fingerprint density at radius 2 is 2.00 bits per heavy atom. The molecule has 5 nitrogen and oxygen atoms in total. The first-order valence-corrected chi connectivity index (χ1v) is 7.38. The summed E-state index contributed by atoms with van der Waals surface area (Å²) in [5.41, 5.74) is 0.588. The first-order chi connectivity index (χ1) is 10.7. The summed E-state index contributed by atoms with van der Waals surface area (Å²) in [6.07, 6.45) is 2.64. The minimum Gasteiger partial charge on any atom is -0.439 e. The van der Waals surface area contributed by atoms with E-state index >= 15 is 0 Å². The summed E-state index contributed by atoms with van der Waals surface area (Å²) in [5, 5.41) is 9.52. The number of nitrogens with zero attached hydrogens (tertiary/aromatic N) is 2. The van der Waals surface area contributed by atoms with E-state index in [0.717, 1.165) is 0 Å². The average molecular weight is 298 g/mol. The van der Waals surface area contributed by atoms with Gasteiger partial charge in [-0.2, -0.15) is 0 Å². The molecule has 1 amide bonds. The zero-order chi connectivity index (χ0) is 15.4. The summed E-state index contributed by atoms with van der Waals surface area (Å²) in [6, 6.07) is 12.5. The third kappa shape index (κ3) is 3.43. The van der Waals surface area contributed by atoms with Crippen LogP contribution in [0.4, 0.5) is 0 Å². The van der Waals surface area contributed by atoms with E-state index in [9.17, 15) is 9.90 Å². The van der Waals surface area contributed by atoms with Crippen molar-refractivity contribution in [3.63, 3.8) is 0 Å². The minimum absolute atomic E-state index is 0.0293. The molecule has 1 aliphatic rings. The highest BCUT2D eigenvalue weighted by molar-refractivity contribution is 5.94. The van der Waals surface area contributed by atoms with Crippen LogP contribution in [0.15, 0.2) is 48.7 Å². The molecular weight excluding hydrogens is 280 g/mol. The molecule has 2 aromatic rings. The Morgan fingerprint density at radius 3 is 2.73 bits per heavy atom. The highest BCUT2D eigenvalue weighted by atomic mass is 16.5. The topological polar surface area (TPSA) is 62.7 Å². The fraction of sp³-hybridized carbons (Fsp3) is 0.294. The van der Waals surface area contributed by atoms with E-state index in [-0.39, 0.29) is 12.0 Å². The number of ether oxygens (including phenoxy) is 1. The Labute approximate surface area is 129 Å². The van der Waals surface area contributed by atoms with Crippen LogP contribution in [0.1, 0.15) is 23.2 Å². The van der Waals surface area contributed by atoms with Gasteiger partial charge in [-0.05, 0) is 37.1 Å². The van der Waals surface area contributed by atoms with Gasteiger partial charge in [0.15, 0.2) is 0 Å². The predicted octanol–water partition coefficient (Wildman–Crippen LogP) is 2.47. The molecule has 2 heterocycles. The van der Waals surface area contributed by atoms with Crippen LogP contribution >= 0.6 is 0 Å². The van der Waals surface area contributed by atoms with Crippen molar-refractivity contribution in [1.82, 2.24) is 9.88 Å². The summed E-state index contributed by atoms with van der Waals surface area (Å²) >= 11 is 0. The van der Waals surface area contributed by atoms with Gasteiger partial charge in [0, 0.05) is 30.9 Å². The van der Waals surface area contributed by atoms with Gasteiger partial charge in [0.05, 0.1) is 6.10 Å². The zero-order valence-electron chi connectivity index (χ0n) is 12.2. The maximum absolute atomic E-state index is 12.5. The lowest BCUT2D eigenvalue weighted by Crippen LogP contribution is -2.40. The smallest absolute Gasteiger partial charge is 0.253 e. The van der Waals surface area contributed by atoms with Crippen LogP contribution in [0.3, 0.4) is 0 Å². The quantitative estimate of drug-likeness (QED) is 0.945. The second-order valence-corrected chi connectivity index (χ2v) is 5.32. The van der Waals surface area contributed by atoms with Crippen molar-refractivity contribution in [3.8, 4) is 11.6 Å². The molecule has 22 heavy (non-hydrogen) atoms. The van der Waals surface area contributed by atoms with Crippen LogP contribution in [0.25, 0.3) is 0 Å². The molecule has 1 aromatic heterocycles. The number of piperidine rings is 1. The summed E-state index contributed by atoms with van der Waals surface area (Å²) in [7, 11) is 0. The van der Waals surface area contributed by atoms with Gasteiger partial charge in [0.2, 0.25) is 5.88 Å². The van der Waals surface area contributed by atoms with Crippen molar-refractivity contribution in [3.05, 3.63) is 54.2 Å². The Hall–Kier alpha value is -2.40. The van der Waals surface area contributed by atoms with Crippen LogP contribution in [0, 0.1) is 0 Å². The van der Waals surface area contributed by atoms with Crippen molar-refractivity contribution < 1.29 is 14.6 Å². The summed E-state index contributed by atoms with van der Waals surface area (Å²) < 4.78 is 5.65. The van der Waals surface area contributed by atoms with Crippen LogP contribution in [-0.2, 0) is 0 Å². The lowest BCUT2D eigenvalue weighted by atomic mass is 10.1. The van der Waals surface area contributed by atoms with Crippen molar-refractivity contribution in [1.29, 1.82) is 0 Å². The normalized spacial score (nSPS) is 15.6. The van der Waals surface area contributed by atoms with Crippen molar-refractivity contribution in [2.24, 2.45) is 0 Å². The van der Waals surface area contributed by atoms with Crippen LogP contribution in [-0.4, -0.2) is 40.1 Å². The van der Waals surface area contributed by atoms with E-state index in [2.05, 4.69) is 4.98 Å². The standard InChI is InChI=1S/C17H18N2O3/c20-14-7-10-19(11-8-14)17(21)13-4-3-5-15(12-13)22-16-6-1-2-9-18-16/h1-6,9,12,14,20H,7-8,10-11H2. The molecule has 0 unspecified atom stereocenters. The average Bonchev–Trinajstić information content (AvgIpc) is 2.56. The summed E-state index contributed by atoms with van der Waals surface area (Å²) in [6.45, 7) is 1.18. The monoisotopic (exact) mass is 298 g/mol. The molecule has 0 spiro atoms. The summed E-state index contributed by atoms with van der Waals surface area (Å²) in [5.74, 6) is 1.05. The van der Waals surface area contributed by atoms with E-state index in [1.807, 2.05) is 12.1 Å². The molecular formula is C17H18N2O3. The first kappa shape index (κ1) is 14.5. The Kier molecular flexibility index (Phi) is 4.34. The molecule has 0 saturated carbocycles. The minimum atomic E-state index is -0.289. The van der Waals surface area contributed by atoms with Gasteiger partial charge in [0.25, 0.3) is 5.91 Å². The number of amides is 1. The maximum atomic E-state index is 12.5. The molecule has 1 N–H and O–H groups in total. The molecule has 3 rings (SSSR count). The molecule has 0 radical (unpaired) electrons. The lowest BCUT2D eigenvalue weighted by molar-refractivity contribution is 0.0546. The van der Waals surface area contributed by atoms with Gasteiger partial charge < -0.3 is 14.7 Å². The van der Waals surface area contributed by atoms with Gasteiger partial charge in [-0.3, -0.25) is 4.79 Å². The van der Waals surface area contributed by atoms with Gasteiger partial charge in [-0.15, -0.1) is 0 Å². The zero-order valence-corrected chi connectivity index (χ0v) is 12.2. The van der Waals surface area contributed by atoms with Crippen molar-refractivity contribution in [2.45, 2.75) is 18.9 Å². The van der Waals surface area contributed by atoms with Gasteiger partial charge in [-0.1, -0.05) is 12.1 Å². The molecule has 1 saturated heterocycles. The second kappa shape index (κ2) is 6.58. The number of aromatic nitrogens is 1. The Morgan fingerprint density at radius 1 is 1.18 bits per heavy atom. The Bertz CT molecular complexity index is 637. The summed E-state index contributed by atoms with van der Waals surface area (Å²) in [4.78, 5) is 18.4. The van der Waals surface area contributed by atoms with Crippen molar-refractivity contribution in [2.75, 3.05) is 13.1 Å². The van der Waals surface area contributed by atoms with E-state index in [0.29, 0.717) is 43.1 Å². The number of likely N-dealkylation sites (tertiary alicyclic amines) is 1. The third-order valence-corrected chi connectivity index (χ3v) is 3.69. The van der Waals surface area contributed by atoms with Crippen LogP contribution in [0.5, 0.6) is 11.6 Å². The number of aliphatic hydroxyl groups is 1. The number of carbonyl (C=O) groups is 1. The lowest BCUT2D eigenvalue weighted by Gasteiger charge is -2.29. The fourth-order valence-corrected chi connectivity index (χ4v) is 2.47. The van der Waals surface area contributed by atoms with Gasteiger partial charge >= 0.3 is 0 Å². The SMILES string of the molecule is O=C(c1cccc(Oc2ccccn2)c1)N1CCC(O)CC1. The number of hydrogen-bond donors (Lipinski definition) is 1. The van der Waals surface area contributed by atoms with Crippen LogP contribution in [0.2, 0.25) is 0 Å². The number of hydrogen-bond acceptors (Lipinski definition) is 4. The highest BCUT2D eigenvalue weighted by Gasteiger charge is 2.22. The first-order valence-electron chi connectivity index (χ1n) is 7.38. The van der Waals surface area contributed by atoms with E-state index in [4.69, 9.17) is 4.74 Å². The van der Waals surface area contributed by atoms with E-state index in [1.54, 1.807) is 41.4 Å². The fourth-order valence-electron chi connectivity index (χ4n) is 2.47. The van der Waals surface area contributed by atoms with Gasteiger partial charge in [0.1, 0.15) is 5.75 Å².